The van der Waals surface area contributed by atoms with E-state index in [1.165, 1.54) is 38.5 Å². The Kier molecular flexibility index (Phi) is 88.6. The van der Waals surface area contributed by atoms with Gasteiger partial charge < -0.3 is 127 Å². The molecule has 112 heavy (non-hydrogen) atoms. The first-order chi connectivity index (χ1) is 53.1. The second-order valence-electron chi connectivity index (χ2n) is 28.5. The number of aliphatic hydroxyl groups excluding tert-OH is 11. The molecule has 11 N–H and O–H groups in total. The smallest absolute Gasteiger partial charge is 0.305 e. The zero-order chi connectivity index (χ0) is 82.5. The average Bonchev–Trinajstić information content (AvgIpc) is 1.67. The third kappa shape index (κ3) is 70.1. The highest BCUT2D eigenvalue weighted by atomic mass is 16.6. The van der Waals surface area contributed by atoms with Gasteiger partial charge in [0.2, 0.25) is 0 Å². The monoisotopic (exact) mass is 1630 g/mol. The molecule has 0 aromatic heterocycles. The summed E-state index contributed by atoms with van der Waals surface area (Å²) in [5.41, 5.74) is -1.15. The van der Waals surface area contributed by atoms with Crippen molar-refractivity contribution in [2.75, 3.05) is 198 Å². The number of aliphatic hydroxyl groups is 11. The Morgan fingerprint density at radius 3 is 1.04 bits per heavy atom. The molecular weight excluding hydrogens is 1460 g/mol. The first-order valence-corrected chi connectivity index (χ1v) is 41.2. The minimum Gasteiger partial charge on any atom is -0.465 e. The molecule has 1 aliphatic heterocycles. The van der Waals surface area contributed by atoms with Crippen LogP contribution in [0.25, 0.3) is 0 Å². The first kappa shape index (κ1) is 118. The summed E-state index contributed by atoms with van der Waals surface area (Å²) in [7, 11) is 0. The van der Waals surface area contributed by atoms with Crippen molar-refractivity contribution in [3.63, 3.8) is 0 Å². The van der Waals surface area contributed by atoms with Crippen molar-refractivity contribution in [1.29, 1.82) is 0 Å². The molecule has 0 aromatic rings. The highest BCUT2D eigenvalue weighted by molar-refractivity contribution is 5.70. The summed E-state index contributed by atoms with van der Waals surface area (Å²) < 4.78 is 83.1. The van der Waals surface area contributed by atoms with Gasteiger partial charge >= 0.3 is 23.9 Å². The van der Waals surface area contributed by atoms with Crippen LogP contribution in [0.1, 0.15) is 250 Å². The molecule has 1 rings (SSSR count). The van der Waals surface area contributed by atoms with Gasteiger partial charge in [-0.15, -0.1) is 0 Å². The van der Waals surface area contributed by atoms with Gasteiger partial charge in [-0.2, -0.15) is 0 Å². The quantitative estimate of drug-likeness (QED) is 0.0155. The Bertz CT molecular complexity index is 1870. The van der Waals surface area contributed by atoms with Crippen LogP contribution >= 0.6 is 0 Å². The number of carbonyl (C=O) groups is 4. The molecule has 30 nitrogen and oxygen atoms in total. The average molecular weight is 1630 g/mol. The summed E-state index contributed by atoms with van der Waals surface area (Å²) in [5, 5.41) is 98.9. The maximum atomic E-state index is 12.2. The maximum Gasteiger partial charge on any atom is 0.305 e. The molecule has 1 fully saturated rings. The van der Waals surface area contributed by atoms with Crippen molar-refractivity contribution in [3.8, 4) is 0 Å². The standard InChI is InChI=1S/C24H46O9.C24H44O9.C17H36O6.C15H32O6.2CH4/c1-2-3-4-5-6-7-8-9-10-11-22(28)32-18-20(29-15-12-25)24-23(31-17-14-27)21(19-33-24)30-16-13-26;1-2-24(18-31-21(28)12-6-3-9-15-25,19-32-22(29)13-7-4-10-16-26)20-33-23(30)14-8-5-11-17-27;1-3-5-6-17(4-2,15-22-13-11-20-9-7-18)16-23-14-12-21-10-8-19;1-5-15(9-19-6-12(2)16,10-20-7-13(3)17)11-21-8-14(4)18;;/h20-21,23-27H,2-19H2,1H3;25-27H,2-20H2,1H3;18-19H,3-16H2,1-2H3;12-14,16-18H,5-11H2,1-4H3;2*1H4. The molecule has 674 valence electrons. The topological polar surface area (TPSA) is 429 Å². The van der Waals surface area contributed by atoms with E-state index < -0.39 is 48.1 Å². The Hall–Kier alpha value is -3.00. The van der Waals surface area contributed by atoms with Gasteiger partial charge in [-0.25, -0.2) is 0 Å². The lowest BCUT2D eigenvalue weighted by Gasteiger charge is -2.32. The number of carbonyl (C=O) groups excluding carboxylic acids is 4. The van der Waals surface area contributed by atoms with Crippen molar-refractivity contribution in [2.24, 2.45) is 16.2 Å². The molecule has 30 heteroatoms. The molecule has 7 unspecified atom stereocenters. The number of esters is 4. The van der Waals surface area contributed by atoms with Crippen LogP contribution in [0.2, 0.25) is 0 Å². The van der Waals surface area contributed by atoms with Gasteiger partial charge in [-0.1, -0.05) is 133 Å². The zero-order valence-corrected chi connectivity index (χ0v) is 69.2. The van der Waals surface area contributed by atoms with E-state index in [1.54, 1.807) is 20.8 Å². The van der Waals surface area contributed by atoms with Gasteiger partial charge in [-0.3, -0.25) is 19.2 Å². The number of ether oxygens (including phenoxy) is 15. The lowest BCUT2D eigenvalue weighted by Crippen LogP contribution is -2.45. The Morgan fingerprint density at radius 2 is 0.679 bits per heavy atom. The summed E-state index contributed by atoms with van der Waals surface area (Å²) in [6.45, 7) is 21.8. The summed E-state index contributed by atoms with van der Waals surface area (Å²) in [5.74, 6) is -1.42. The van der Waals surface area contributed by atoms with E-state index in [-0.39, 0.29) is 194 Å². The van der Waals surface area contributed by atoms with Gasteiger partial charge in [0.1, 0.15) is 50.8 Å². The van der Waals surface area contributed by atoms with Crippen molar-refractivity contribution in [2.45, 2.75) is 293 Å². The lowest BCUT2D eigenvalue weighted by atomic mass is 9.82. The van der Waals surface area contributed by atoms with Crippen LogP contribution in [0.15, 0.2) is 0 Å². The summed E-state index contributed by atoms with van der Waals surface area (Å²) in [4.78, 5) is 48.5. The van der Waals surface area contributed by atoms with Gasteiger partial charge in [-0.05, 0) is 91.4 Å². The molecule has 1 aliphatic rings. The molecule has 0 aromatic carbocycles. The van der Waals surface area contributed by atoms with E-state index in [0.29, 0.717) is 124 Å². The molecule has 0 amide bonds. The van der Waals surface area contributed by atoms with Crippen LogP contribution in [0.4, 0.5) is 0 Å². The maximum absolute atomic E-state index is 12.2. The van der Waals surface area contributed by atoms with Gasteiger partial charge in [0.25, 0.3) is 0 Å². The fourth-order valence-corrected chi connectivity index (χ4v) is 11.0. The summed E-state index contributed by atoms with van der Waals surface area (Å²) in [6.07, 6.45) is 19.4. The number of unbranched alkanes of at least 4 members (excludes halogenated alkanes) is 15. The molecule has 1 heterocycles. The van der Waals surface area contributed by atoms with E-state index in [9.17, 15) is 34.5 Å². The number of hydrogen-bond acceptors (Lipinski definition) is 30. The fourth-order valence-electron chi connectivity index (χ4n) is 11.0. The van der Waals surface area contributed by atoms with E-state index >= 15 is 0 Å². The van der Waals surface area contributed by atoms with E-state index in [2.05, 4.69) is 20.8 Å². The van der Waals surface area contributed by atoms with Crippen molar-refractivity contribution in [1.82, 2.24) is 0 Å². The molecule has 1 saturated heterocycles. The van der Waals surface area contributed by atoms with Crippen LogP contribution in [0.5, 0.6) is 0 Å². The first-order valence-electron chi connectivity index (χ1n) is 41.2. The van der Waals surface area contributed by atoms with Crippen LogP contribution < -0.4 is 0 Å². The van der Waals surface area contributed by atoms with E-state index in [0.717, 1.165) is 70.6 Å². The van der Waals surface area contributed by atoms with Gasteiger partial charge in [0, 0.05) is 56.3 Å². The second kappa shape index (κ2) is 84.5. The fraction of sp³-hybridized carbons (Fsp3) is 0.951. The van der Waals surface area contributed by atoms with Crippen LogP contribution in [-0.4, -0.2) is 321 Å². The lowest BCUT2D eigenvalue weighted by molar-refractivity contribution is -0.163. The molecule has 0 spiro atoms. The number of hydrogen-bond donors (Lipinski definition) is 11. The van der Waals surface area contributed by atoms with E-state index in [4.69, 9.17) is 112 Å². The molecular formula is C82H166O30. The predicted octanol–water partition coefficient (Wildman–Crippen LogP) is 8.12. The molecule has 0 saturated carbocycles. The second-order valence-corrected chi connectivity index (χ2v) is 28.5. The Labute approximate surface area is 674 Å². The predicted molar refractivity (Wildman–Crippen MR) is 429 cm³/mol. The van der Waals surface area contributed by atoms with Crippen molar-refractivity contribution < 1.29 is 146 Å². The summed E-state index contributed by atoms with van der Waals surface area (Å²) >= 11 is 0. The third-order valence-corrected chi connectivity index (χ3v) is 18.0. The Morgan fingerprint density at radius 1 is 0.348 bits per heavy atom. The minimum absolute atomic E-state index is 0. The molecule has 0 bridgehead atoms. The zero-order valence-electron chi connectivity index (χ0n) is 69.2. The van der Waals surface area contributed by atoms with E-state index in [1.807, 2.05) is 13.8 Å². The highest BCUT2D eigenvalue weighted by Crippen LogP contribution is 2.31. The van der Waals surface area contributed by atoms with Crippen LogP contribution in [-0.2, 0) is 90.2 Å². The van der Waals surface area contributed by atoms with Crippen molar-refractivity contribution in [3.05, 3.63) is 0 Å². The van der Waals surface area contributed by atoms with Crippen LogP contribution in [0.3, 0.4) is 0 Å². The molecule has 0 aliphatic carbocycles. The largest absolute Gasteiger partial charge is 0.465 e. The molecule has 0 radical (unpaired) electrons. The molecule has 7 atom stereocenters. The normalized spacial score (nSPS) is 15.7. The minimum atomic E-state index is -0.831. The van der Waals surface area contributed by atoms with Gasteiger partial charge in [0.15, 0.2) is 0 Å². The Balaban J connectivity index is -0.000000460. The van der Waals surface area contributed by atoms with Gasteiger partial charge in [0.05, 0.1) is 176 Å². The SMILES string of the molecule is C.C.CCC(COC(=O)CCCCCO)(COC(=O)CCCCCO)COC(=O)CCCCCO.CCC(COCC(C)O)(COCC(C)O)COCC(C)O.CCCCC(CC)(COCCOCCO)COCCOCCO.CCCCCCCCCCCC(=O)OCC(OCCO)C1OCC(OCCO)C1OCCO. The third-order valence-electron chi connectivity index (χ3n) is 18.0. The summed E-state index contributed by atoms with van der Waals surface area (Å²) in [6, 6.07) is 0. The van der Waals surface area contributed by atoms with Crippen LogP contribution in [0, 0.1) is 16.2 Å². The highest BCUT2D eigenvalue weighted by Gasteiger charge is 2.44. The van der Waals surface area contributed by atoms with Crippen molar-refractivity contribution >= 4 is 23.9 Å². The number of rotatable bonds is 75.